The molecule has 1 N–H and O–H groups in total. The van der Waals surface area contributed by atoms with Crippen LogP contribution in [0.25, 0.3) is 0 Å². The third-order valence-corrected chi connectivity index (χ3v) is 7.28. The van der Waals surface area contributed by atoms with Crippen molar-refractivity contribution in [2.75, 3.05) is 13.1 Å². The molecule has 128 valence electrons. The number of sulfonamides is 1. The van der Waals surface area contributed by atoms with Gasteiger partial charge < -0.3 is 5.32 Å². The normalized spacial score (nSPS) is 22.2. The van der Waals surface area contributed by atoms with Crippen LogP contribution in [0.3, 0.4) is 0 Å². The molecular formula is C17H25FN2O2S. The van der Waals surface area contributed by atoms with Gasteiger partial charge in [0.2, 0.25) is 10.0 Å². The number of benzene rings is 1. The Balaban J connectivity index is 1.58. The van der Waals surface area contributed by atoms with Gasteiger partial charge in [-0.05, 0) is 38.2 Å². The summed E-state index contributed by atoms with van der Waals surface area (Å²) in [5, 5.41) is 3.39. The van der Waals surface area contributed by atoms with Gasteiger partial charge in [0.25, 0.3) is 0 Å². The molecule has 0 unspecified atom stereocenters. The molecule has 1 saturated heterocycles. The van der Waals surface area contributed by atoms with Gasteiger partial charge in [-0.25, -0.2) is 17.1 Å². The first-order valence-corrected chi connectivity index (χ1v) is 10.0. The molecule has 1 heterocycles. The monoisotopic (exact) mass is 340 g/mol. The summed E-state index contributed by atoms with van der Waals surface area (Å²) < 4.78 is 40.1. The average molecular weight is 340 g/mol. The lowest BCUT2D eigenvalue weighted by Crippen LogP contribution is -2.46. The molecule has 3 rings (SSSR count). The van der Waals surface area contributed by atoms with Gasteiger partial charge in [0, 0.05) is 30.7 Å². The minimum absolute atomic E-state index is 0.0206. The molecule has 1 aromatic rings. The van der Waals surface area contributed by atoms with Crippen molar-refractivity contribution in [3.63, 3.8) is 0 Å². The van der Waals surface area contributed by atoms with Crippen LogP contribution in [0, 0.1) is 5.82 Å². The molecule has 2 fully saturated rings. The lowest BCUT2D eigenvalue weighted by atomic mass is 9.99. The van der Waals surface area contributed by atoms with Gasteiger partial charge >= 0.3 is 0 Å². The summed E-state index contributed by atoms with van der Waals surface area (Å²) in [4.78, 5) is 0. The average Bonchev–Trinajstić information content (AvgIpc) is 3.39. The molecule has 0 radical (unpaired) electrons. The van der Waals surface area contributed by atoms with E-state index >= 15 is 0 Å². The van der Waals surface area contributed by atoms with Crippen LogP contribution in [0.15, 0.2) is 24.3 Å². The zero-order chi connectivity index (χ0) is 16.4. The fourth-order valence-corrected chi connectivity index (χ4v) is 5.20. The van der Waals surface area contributed by atoms with Gasteiger partial charge in [-0.3, -0.25) is 0 Å². The molecular weight excluding hydrogens is 315 g/mol. The Hall–Kier alpha value is -0.980. The van der Waals surface area contributed by atoms with E-state index in [0.29, 0.717) is 18.7 Å². The maximum atomic E-state index is 14.0. The number of piperidine rings is 1. The number of nitrogens with one attached hydrogen (secondary N) is 1. The van der Waals surface area contributed by atoms with E-state index in [2.05, 4.69) is 5.32 Å². The van der Waals surface area contributed by atoms with Crippen molar-refractivity contribution in [3.05, 3.63) is 35.6 Å². The smallest absolute Gasteiger partial charge is 0.216 e. The second kappa shape index (κ2) is 6.87. The lowest BCUT2D eigenvalue weighted by molar-refractivity contribution is 0.269. The van der Waals surface area contributed by atoms with Gasteiger partial charge in [-0.2, -0.15) is 0 Å². The Morgan fingerprint density at radius 3 is 2.43 bits per heavy atom. The second-order valence-corrected chi connectivity index (χ2v) is 8.78. The molecule has 1 aliphatic carbocycles. The summed E-state index contributed by atoms with van der Waals surface area (Å²) >= 11 is 0. The number of nitrogens with zero attached hydrogens (tertiary/aromatic N) is 1. The van der Waals surface area contributed by atoms with Crippen molar-refractivity contribution in [1.29, 1.82) is 0 Å². The van der Waals surface area contributed by atoms with Crippen molar-refractivity contribution in [2.24, 2.45) is 0 Å². The summed E-state index contributed by atoms with van der Waals surface area (Å²) in [6.07, 6.45) is 4.01. The SMILES string of the molecule is CC[C@@H](NC1CCN(S(=O)(=O)C2CC2)CC1)c1ccccc1F. The first-order valence-electron chi connectivity index (χ1n) is 8.51. The van der Waals surface area contributed by atoms with Crippen molar-refractivity contribution in [3.8, 4) is 0 Å². The van der Waals surface area contributed by atoms with Crippen molar-refractivity contribution < 1.29 is 12.8 Å². The molecule has 0 amide bonds. The molecule has 0 spiro atoms. The highest BCUT2D eigenvalue weighted by molar-refractivity contribution is 7.90. The zero-order valence-corrected chi connectivity index (χ0v) is 14.4. The minimum Gasteiger partial charge on any atom is -0.307 e. The van der Waals surface area contributed by atoms with Crippen molar-refractivity contribution in [1.82, 2.24) is 9.62 Å². The van der Waals surface area contributed by atoms with Gasteiger partial charge in [0.15, 0.2) is 0 Å². The standard InChI is InChI=1S/C17H25FN2O2S/c1-2-17(15-5-3-4-6-16(15)18)19-13-9-11-20(12-10-13)23(21,22)14-7-8-14/h3-6,13-14,17,19H,2,7-12H2,1H3/t17-/m1/s1. The number of rotatable bonds is 6. The number of halogens is 1. The van der Waals surface area contributed by atoms with Gasteiger partial charge in [-0.1, -0.05) is 25.1 Å². The van der Waals surface area contributed by atoms with Crippen LogP contribution in [0.1, 0.15) is 50.6 Å². The zero-order valence-electron chi connectivity index (χ0n) is 13.5. The fraction of sp³-hybridized carbons (Fsp3) is 0.647. The van der Waals surface area contributed by atoms with Gasteiger partial charge in [0.1, 0.15) is 5.82 Å². The van der Waals surface area contributed by atoms with E-state index in [4.69, 9.17) is 0 Å². The van der Waals surface area contributed by atoms with Crippen LogP contribution in [0.5, 0.6) is 0 Å². The summed E-state index contributed by atoms with van der Waals surface area (Å²) in [6, 6.07) is 7.09. The Labute approximate surface area is 138 Å². The van der Waals surface area contributed by atoms with Crippen LogP contribution in [-0.2, 0) is 10.0 Å². The first kappa shape index (κ1) is 16.9. The van der Waals surface area contributed by atoms with Crippen LogP contribution in [0.4, 0.5) is 4.39 Å². The molecule has 1 aliphatic heterocycles. The maximum Gasteiger partial charge on any atom is 0.216 e. The predicted octanol–water partition coefficient (Wildman–Crippen LogP) is 2.82. The van der Waals surface area contributed by atoms with E-state index in [1.807, 2.05) is 19.1 Å². The van der Waals surface area contributed by atoms with E-state index in [-0.39, 0.29) is 23.2 Å². The quantitative estimate of drug-likeness (QED) is 0.866. The Morgan fingerprint density at radius 1 is 1.22 bits per heavy atom. The topological polar surface area (TPSA) is 49.4 Å². The highest BCUT2D eigenvalue weighted by Crippen LogP contribution is 2.32. The van der Waals surface area contributed by atoms with Crippen LogP contribution < -0.4 is 5.32 Å². The van der Waals surface area contributed by atoms with Crippen molar-refractivity contribution in [2.45, 2.75) is 56.4 Å². The Kier molecular flexibility index (Phi) is 5.04. The Bertz CT molecular complexity index is 638. The maximum absolute atomic E-state index is 14.0. The van der Waals surface area contributed by atoms with E-state index in [0.717, 1.165) is 32.1 Å². The van der Waals surface area contributed by atoms with Crippen LogP contribution >= 0.6 is 0 Å². The van der Waals surface area contributed by atoms with E-state index in [1.54, 1.807) is 10.4 Å². The molecule has 1 saturated carbocycles. The number of hydrogen-bond donors (Lipinski definition) is 1. The molecule has 0 bridgehead atoms. The molecule has 1 aromatic carbocycles. The molecule has 1 atom stereocenters. The molecule has 23 heavy (non-hydrogen) atoms. The third-order valence-electron chi connectivity index (χ3n) is 4.89. The van der Waals surface area contributed by atoms with Crippen LogP contribution in [0.2, 0.25) is 0 Å². The summed E-state index contributed by atoms with van der Waals surface area (Å²) in [7, 11) is -3.06. The molecule has 0 aromatic heterocycles. The second-order valence-electron chi connectivity index (χ2n) is 6.57. The molecule has 2 aliphatic rings. The van der Waals surface area contributed by atoms with E-state index in [9.17, 15) is 12.8 Å². The Morgan fingerprint density at radius 2 is 1.87 bits per heavy atom. The van der Waals surface area contributed by atoms with Gasteiger partial charge in [0.05, 0.1) is 5.25 Å². The first-order chi connectivity index (χ1) is 11.0. The molecule has 6 heteroatoms. The largest absolute Gasteiger partial charge is 0.307 e. The lowest BCUT2D eigenvalue weighted by Gasteiger charge is -2.34. The van der Waals surface area contributed by atoms with E-state index in [1.165, 1.54) is 6.07 Å². The highest BCUT2D eigenvalue weighted by atomic mass is 32.2. The van der Waals surface area contributed by atoms with Gasteiger partial charge in [-0.15, -0.1) is 0 Å². The summed E-state index contributed by atoms with van der Waals surface area (Å²) in [5.41, 5.74) is 0.697. The summed E-state index contributed by atoms with van der Waals surface area (Å²) in [5.74, 6) is -0.180. The fourth-order valence-electron chi connectivity index (χ4n) is 3.32. The van der Waals surface area contributed by atoms with Crippen LogP contribution in [-0.4, -0.2) is 37.1 Å². The minimum atomic E-state index is -3.06. The number of hydrogen-bond acceptors (Lipinski definition) is 3. The predicted molar refractivity (Wildman–Crippen MR) is 89.1 cm³/mol. The molecule has 4 nitrogen and oxygen atoms in total. The summed E-state index contributed by atoms with van der Waals surface area (Å²) in [6.45, 7) is 3.19. The van der Waals surface area contributed by atoms with Crippen molar-refractivity contribution >= 4 is 10.0 Å². The van der Waals surface area contributed by atoms with E-state index < -0.39 is 10.0 Å². The third kappa shape index (κ3) is 3.75. The highest BCUT2D eigenvalue weighted by Gasteiger charge is 2.41.